The predicted octanol–water partition coefficient (Wildman–Crippen LogP) is 3.04. The zero-order valence-electron chi connectivity index (χ0n) is 14.9. The Morgan fingerprint density at radius 1 is 1.00 bits per heavy atom. The number of rotatable bonds is 5. The van der Waals surface area contributed by atoms with E-state index in [0.29, 0.717) is 0 Å². The van der Waals surface area contributed by atoms with Gasteiger partial charge in [-0.2, -0.15) is 15.2 Å². The van der Waals surface area contributed by atoms with Crippen molar-refractivity contribution in [2.75, 3.05) is 7.11 Å². The number of amides is 1. The van der Waals surface area contributed by atoms with Crippen LogP contribution in [-0.2, 0) is 14.3 Å². The van der Waals surface area contributed by atoms with Gasteiger partial charge in [0.05, 0.1) is 24.4 Å². The fourth-order valence-electron chi connectivity index (χ4n) is 2.15. The summed E-state index contributed by atoms with van der Waals surface area (Å²) in [6.07, 6.45) is 4.22. The third-order valence-corrected chi connectivity index (χ3v) is 4.46. The minimum atomic E-state index is -0.628. The van der Waals surface area contributed by atoms with Crippen LogP contribution in [0.15, 0.2) is 86.9 Å². The SMILES string of the molecule is COC(=O)/C=C1\S/C(=N\N=C\c2ccccc2)N(/N=C/c2ccccc2)C1=O. The first kappa shape index (κ1) is 19.2. The molecule has 8 heteroatoms. The summed E-state index contributed by atoms with van der Waals surface area (Å²) in [6, 6.07) is 18.8. The van der Waals surface area contributed by atoms with E-state index in [1.54, 1.807) is 6.21 Å². The second-order valence-corrected chi connectivity index (χ2v) is 6.45. The van der Waals surface area contributed by atoms with Gasteiger partial charge in [0, 0.05) is 6.08 Å². The molecule has 7 nitrogen and oxygen atoms in total. The van der Waals surface area contributed by atoms with Crippen molar-refractivity contribution < 1.29 is 14.3 Å². The molecule has 28 heavy (non-hydrogen) atoms. The quantitative estimate of drug-likeness (QED) is 0.339. The number of thioether (sulfide) groups is 1. The minimum absolute atomic E-state index is 0.158. The molecule has 1 saturated heterocycles. The Bertz CT molecular complexity index is 969. The molecular formula is C20H16N4O3S. The lowest BCUT2D eigenvalue weighted by molar-refractivity contribution is -0.135. The molecule has 0 atom stereocenters. The van der Waals surface area contributed by atoms with Crippen molar-refractivity contribution in [3.63, 3.8) is 0 Å². The summed E-state index contributed by atoms with van der Waals surface area (Å²) in [7, 11) is 1.24. The standard InChI is InChI=1S/C20H16N4O3S/c1-27-18(25)12-17-19(26)24(22-14-16-10-6-3-7-11-16)20(28-17)23-21-13-15-8-4-2-5-9-15/h2-14H,1H3/b17-12-,21-13+,22-14+,23-20-. The normalized spacial score (nSPS) is 17.3. The summed E-state index contributed by atoms with van der Waals surface area (Å²) in [4.78, 5) is 24.3. The summed E-state index contributed by atoms with van der Waals surface area (Å²) in [5.74, 6) is -1.10. The average molecular weight is 392 g/mol. The highest BCUT2D eigenvalue weighted by Gasteiger charge is 2.34. The van der Waals surface area contributed by atoms with Gasteiger partial charge in [0.25, 0.3) is 5.91 Å². The average Bonchev–Trinajstić information content (AvgIpc) is 3.02. The van der Waals surface area contributed by atoms with Crippen LogP contribution in [0.25, 0.3) is 0 Å². The summed E-state index contributed by atoms with van der Waals surface area (Å²) >= 11 is 1.00. The predicted molar refractivity (Wildman–Crippen MR) is 110 cm³/mol. The van der Waals surface area contributed by atoms with Crippen molar-refractivity contribution in [2.24, 2.45) is 15.3 Å². The van der Waals surface area contributed by atoms with Gasteiger partial charge in [-0.25, -0.2) is 4.79 Å². The zero-order chi connectivity index (χ0) is 19.8. The Kier molecular flexibility index (Phi) is 6.48. The van der Waals surface area contributed by atoms with Gasteiger partial charge >= 0.3 is 5.97 Å². The molecule has 2 aromatic carbocycles. The number of hydrogen-bond acceptors (Lipinski definition) is 7. The van der Waals surface area contributed by atoms with Crippen LogP contribution in [0.5, 0.6) is 0 Å². The lowest BCUT2D eigenvalue weighted by Gasteiger charge is -2.06. The Hall–Kier alpha value is -3.52. The molecule has 0 unspecified atom stereocenters. The smallest absolute Gasteiger partial charge is 0.331 e. The van der Waals surface area contributed by atoms with E-state index in [1.807, 2.05) is 60.7 Å². The molecule has 0 N–H and O–H groups in total. The van der Waals surface area contributed by atoms with E-state index in [-0.39, 0.29) is 10.1 Å². The lowest BCUT2D eigenvalue weighted by Crippen LogP contribution is -2.23. The number of benzene rings is 2. The molecule has 1 aliphatic rings. The van der Waals surface area contributed by atoms with Gasteiger partial charge in [-0.3, -0.25) is 4.79 Å². The molecule has 1 fully saturated rings. The molecule has 1 aliphatic heterocycles. The van der Waals surface area contributed by atoms with Crippen LogP contribution in [-0.4, -0.2) is 41.6 Å². The van der Waals surface area contributed by atoms with E-state index in [4.69, 9.17) is 0 Å². The molecule has 0 bridgehead atoms. The zero-order valence-corrected chi connectivity index (χ0v) is 15.7. The third-order valence-electron chi connectivity index (χ3n) is 3.51. The highest BCUT2D eigenvalue weighted by atomic mass is 32.2. The topological polar surface area (TPSA) is 83.7 Å². The second kappa shape index (κ2) is 9.43. The Labute approximate surface area is 166 Å². The highest BCUT2D eigenvalue weighted by molar-refractivity contribution is 8.18. The highest BCUT2D eigenvalue weighted by Crippen LogP contribution is 2.31. The molecule has 0 saturated carbocycles. The molecule has 140 valence electrons. The summed E-state index contributed by atoms with van der Waals surface area (Å²) in [5, 5.41) is 13.7. The van der Waals surface area contributed by atoms with Crippen LogP contribution in [0.2, 0.25) is 0 Å². The maximum absolute atomic E-state index is 12.6. The molecule has 0 spiro atoms. The summed E-state index contributed by atoms with van der Waals surface area (Å²) < 4.78 is 4.59. The Balaban J connectivity index is 1.87. The van der Waals surface area contributed by atoms with E-state index in [0.717, 1.165) is 34.0 Å². The maximum Gasteiger partial charge on any atom is 0.331 e. The number of hydrogen-bond donors (Lipinski definition) is 0. The molecule has 0 radical (unpaired) electrons. The van der Waals surface area contributed by atoms with Crippen molar-refractivity contribution in [2.45, 2.75) is 0 Å². The van der Waals surface area contributed by atoms with Gasteiger partial charge in [0.2, 0.25) is 5.17 Å². The maximum atomic E-state index is 12.6. The van der Waals surface area contributed by atoms with Gasteiger partial charge in [0.1, 0.15) is 0 Å². The van der Waals surface area contributed by atoms with Gasteiger partial charge in [-0.15, -0.1) is 5.10 Å². The van der Waals surface area contributed by atoms with Crippen LogP contribution in [0.3, 0.4) is 0 Å². The van der Waals surface area contributed by atoms with Crippen LogP contribution >= 0.6 is 11.8 Å². The number of carbonyl (C=O) groups excluding carboxylic acids is 2. The van der Waals surface area contributed by atoms with Crippen LogP contribution in [0.1, 0.15) is 11.1 Å². The van der Waals surface area contributed by atoms with Crippen molar-refractivity contribution in [3.05, 3.63) is 82.8 Å². The van der Waals surface area contributed by atoms with Gasteiger partial charge < -0.3 is 4.74 Å². The molecule has 2 aromatic rings. The van der Waals surface area contributed by atoms with E-state index in [2.05, 4.69) is 20.0 Å². The third kappa shape index (κ3) is 5.01. The fraction of sp³-hybridized carbons (Fsp3) is 0.0500. The lowest BCUT2D eigenvalue weighted by atomic mass is 10.2. The monoisotopic (exact) mass is 392 g/mol. The fourth-order valence-corrected chi connectivity index (χ4v) is 2.98. The molecule has 0 aliphatic carbocycles. The van der Waals surface area contributed by atoms with Crippen molar-refractivity contribution in [3.8, 4) is 0 Å². The van der Waals surface area contributed by atoms with Crippen molar-refractivity contribution in [1.29, 1.82) is 0 Å². The van der Waals surface area contributed by atoms with E-state index < -0.39 is 11.9 Å². The van der Waals surface area contributed by atoms with E-state index in [9.17, 15) is 9.59 Å². The summed E-state index contributed by atoms with van der Waals surface area (Å²) in [5.41, 5.74) is 1.68. The molecule has 1 heterocycles. The Morgan fingerprint density at radius 3 is 2.21 bits per heavy atom. The number of ether oxygens (including phenoxy) is 1. The van der Waals surface area contributed by atoms with Gasteiger partial charge in [-0.05, 0) is 22.9 Å². The van der Waals surface area contributed by atoms with Crippen molar-refractivity contribution in [1.82, 2.24) is 5.01 Å². The van der Waals surface area contributed by atoms with E-state index >= 15 is 0 Å². The Morgan fingerprint density at radius 2 is 1.61 bits per heavy atom. The molecular weight excluding hydrogens is 376 g/mol. The number of nitrogens with zero attached hydrogens (tertiary/aromatic N) is 4. The number of methoxy groups -OCH3 is 1. The largest absolute Gasteiger partial charge is 0.466 e. The van der Waals surface area contributed by atoms with Gasteiger partial charge in [0.15, 0.2) is 0 Å². The van der Waals surface area contributed by atoms with E-state index in [1.165, 1.54) is 13.3 Å². The van der Waals surface area contributed by atoms with Crippen LogP contribution in [0, 0.1) is 0 Å². The molecule has 0 aromatic heterocycles. The van der Waals surface area contributed by atoms with Gasteiger partial charge in [-0.1, -0.05) is 60.7 Å². The van der Waals surface area contributed by atoms with Crippen LogP contribution in [0.4, 0.5) is 0 Å². The van der Waals surface area contributed by atoms with Crippen molar-refractivity contribution >= 4 is 41.2 Å². The first-order chi connectivity index (χ1) is 13.7. The number of esters is 1. The minimum Gasteiger partial charge on any atom is -0.466 e. The summed E-state index contributed by atoms with van der Waals surface area (Å²) in [6.45, 7) is 0. The second-order valence-electron chi connectivity index (χ2n) is 5.44. The first-order valence-electron chi connectivity index (χ1n) is 8.24. The van der Waals surface area contributed by atoms with Crippen LogP contribution < -0.4 is 0 Å². The molecule has 1 amide bonds. The first-order valence-corrected chi connectivity index (χ1v) is 9.06. The number of amidine groups is 1. The molecule has 3 rings (SSSR count). The number of hydrazone groups is 1. The number of carbonyl (C=O) groups is 2.